The number of hydrogen-bond donors (Lipinski definition) is 2. The molecule has 0 aliphatic carbocycles. The van der Waals surface area contributed by atoms with Gasteiger partial charge in [-0.15, -0.1) is 0 Å². The van der Waals surface area contributed by atoms with E-state index in [0.717, 1.165) is 6.07 Å². The van der Waals surface area contributed by atoms with Gasteiger partial charge in [-0.1, -0.05) is 12.1 Å². The summed E-state index contributed by atoms with van der Waals surface area (Å²) in [6.45, 7) is 0. The Bertz CT molecular complexity index is 723. The Morgan fingerprint density at radius 2 is 1.85 bits per heavy atom. The van der Waals surface area contributed by atoms with Crippen LogP contribution in [-0.4, -0.2) is 5.91 Å². The first kappa shape index (κ1) is 13.4. The number of rotatable bonds is 3. The number of amides is 1. The standard InChI is InChI=1S/C14H10FN3O2/c15-9-4-2-5-10(12(9)14(18)19)20-11-6-1-3-8(7-16)13(11)17/h1-6H,17H2,(H2,18,19). The maximum atomic E-state index is 13.6. The molecule has 0 fully saturated rings. The molecule has 1 amide bonds. The summed E-state index contributed by atoms with van der Waals surface area (Å²) < 4.78 is 19.0. The Hall–Kier alpha value is -3.07. The molecule has 0 aromatic heterocycles. The van der Waals surface area contributed by atoms with Crippen LogP contribution in [0.25, 0.3) is 0 Å². The number of nitrogens with zero attached hydrogens (tertiary/aromatic N) is 1. The SMILES string of the molecule is N#Cc1cccc(Oc2cccc(F)c2C(N)=O)c1N. The number of nitrogens with two attached hydrogens (primary N) is 2. The molecular formula is C14H10FN3O2. The van der Waals surface area contributed by atoms with E-state index in [1.165, 1.54) is 24.3 Å². The molecule has 0 atom stereocenters. The van der Waals surface area contributed by atoms with Gasteiger partial charge in [-0.05, 0) is 24.3 Å². The van der Waals surface area contributed by atoms with E-state index in [0.29, 0.717) is 0 Å². The van der Waals surface area contributed by atoms with E-state index in [2.05, 4.69) is 0 Å². The van der Waals surface area contributed by atoms with Crippen LogP contribution in [0.4, 0.5) is 10.1 Å². The van der Waals surface area contributed by atoms with E-state index in [1.54, 1.807) is 6.07 Å². The largest absolute Gasteiger partial charge is 0.454 e. The molecule has 5 nitrogen and oxygen atoms in total. The highest BCUT2D eigenvalue weighted by Gasteiger charge is 2.17. The zero-order valence-corrected chi connectivity index (χ0v) is 10.3. The monoisotopic (exact) mass is 271 g/mol. The molecule has 20 heavy (non-hydrogen) atoms. The van der Waals surface area contributed by atoms with Gasteiger partial charge >= 0.3 is 0 Å². The molecule has 100 valence electrons. The van der Waals surface area contributed by atoms with E-state index >= 15 is 0 Å². The van der Waals surface area contributed by atoms with Crippen LogP contribution < -0.4 is 16.2 Å². The number of halogens is 1. The molecule has 6 heteroatoms. The highest BCUT2D eigenvalue weighted by molar-refractivity contribution is 5.96. The van der Waals surface area contributed by atoms with Crippen molar-refractivity contribution in [1.29, 1.82) is 5.26 Å². The van der Waals surface area contributed by atoms with Gasteiger partial charge in [0, 0.05) is 0 Å². The number of ether oxygens (including phenoxy) is 1. The molecular weight excluding hydrogens is 261 g/mol. The van der Waals surface area contributed by atoms with E-state index in [9.17, 15) is 9.18 Å². The minimum Gasteiger partial charge on any atom is -0.454 e. The third kappa shape index (κ3) is 2.37. The number of carbonyl (C=O) groups excluding carboxylic acids is 1. The third-order valence-corrected chi connectivity index (χ3v) is 2.63. The first-order chi connectivity index (χ1) is 9.54. The molecule has 2 rings (SSSR count). The average molecular weight is 271 g/mol. The van der Waals surface area contributed by atoms with Gasteiger partial charge in [0.2, 0.25) is 0 Å². The van der Waals surface area contributed by atoms with Gasteiger partial charge in [0.25, 0.3) is 5.91 Å². The van der Waals surface area contributed by atoms with Crippen molar-refractivity contribution in [1.82, 2.24) is 0 Å². The number of anilines is 1. The average Bonchev–Trinajstić information content (AvgIpc) is 2.41. The van der Waals surface area contributed by atoms with Crippen LogP contribution in [0.3, 0.4) is 0 Å². The van der Waals surface area contributed by atoms with E-state index in [1.807, 2.05) is 6.07 Å². The molecule has 0 heterocycles. The number of carbonyl (C=O) groups is 1. The number of nitriles is 1. The summed E-state index contributed by atoms with van der Waals surface area (Å²) in [7, 11) is 0. The minimum atomic E-state index is -0.951. The Morgan fingerprint density at radius 3 is 2.50 bits per heavy atom. The zero-order valence-electron chi connectivity index (χ0n) is 10.3. The highest BCUT2D eigenvalue weighted by atomic mass is 19.1. The molecule has 0 saturated heterocycles. The van der Waals surface area contributed by atoms with Crippen LogP contribution >= 0.6 is 0 Å². The van der Waals surface area contributed by atoms with Crippen molar-refractivity contribution in [2.45, 2.75) is 0 Å². The fourth-order valence-corrected chi connectivity index (χ4v) is 1.68. The molecule has 0 bridgehead atoms. The second-order valence-corrected chi connectivity index (χ2v) is 3.91. The second-order valence-electron chi connectivity index (χ2n) is 3.91. The number of primary amides is 1. The number of benzene rings is 2. The number of hydrogen-bond acceptors (Lipinski definition) is 4. The predicted octanol–water partition coefficient (Wildman–Crippen LogP) is 2.17. The molecule has 2 aromatic carbocycles. The van der Waals surface area contributed by atoms with Crippen molar-refractivity contribution in [2.24, 2.45) is 5.73 Å². The molecule has 2 aromatic rings. The summed E-state index contributed by atoms with van der Waals surface area (Å²) >= 11 is 0. The molecule has 0 saturated carbocycles. The molecule has 0 unspecified atom stereocenters. The third-order valence-electron chi connectivity index (χ3n) is 2.63. The van der Waals surface area contributed by atoms with Gasteiger partial charge < -0.3 is 16.2 Å². The van der Waals surface area contributed by atoms with E-state index in [4.69, 9.17) is 21.5 Å². The number of nitrogen functional groups attached to an aromatic ring is 1. The summed E-state index contributed by atoms with van der Waals surface area (Å²) in [6.07, 6.45) is 0. The Balaban J connectivity index is 2.49. The van der Waals surface area contributed by atoms with Gasteiger partial charge in [0.1, 0.15) is 23.2 Å². The lowest BCUT2D eigenvalue weighted by Gasteiger charge is -2.12. The lowest BCUT2D eigenvalue weighted by atomic mass is 10.1. The minimum absolute atomic E-state index is 0.0562. The van der Waals surface area contributed by atoms with E-state index < -0.39 is 11.7 Å². The molecule has 0 spiro atoms. The maximum Gasteiger partial charge on any atom is 0.255 e. The zero-order chi connectivity index (χ0) is 14.7. The molecule has 4 N–H and O–H groups in total. The molecule has 0 radical (unpaired) electrons. The lowest BCUT2D eigenvalue weighted by molar-refractivity contribution is 0.0994. The summed E-state index contributed by atoms with van der Waals surface area (Å²) in [5.41, 5.74) is 10.8. The fourth-order valence-electron chi connectivity index (χ4n) is 1.68. The lowest BCUT2D eigenvalue weighted by Crippen LogP contribution is -2.14. The highest BCUT2D eigenvalue weighted by Crippen LogP contribution is 2.32. The summed E-state index contributed by atoms with van der Waals surface area (Å²) in [4.78, 5) is 11.3. The van der Waals surface area contributed by atoms with Crippen LogP contribution in [-0.2, 0) is 0 Å². The van der Waals surface area contributed by atoms with Crippen molar-refractivity contribution < 1.29 is 13.9 Å². The maximum absolute atomic E-state index is 13.6. The number of para-hydroxylation sites is 1. The van der Waals surface area contributed by atoms with Gasteiger partial charge in [-0.3, -0.25) is 4.79 Å². The summed E-state index contributed by atoms with van der Waals surface area (Å²) in [5.74, 6) is -1.64. The predicted molar refractivity (Wildman–Crippen MR) is 70.6 cm³/mol. The molecule has 0 aliphatic rings. The van der Waals surface area contributed by atoms with Crippen LogP contribution in [0.2, 0.25) is 0 Å². The van der Waals surface area contributed by atoms with Crippen molar-refractivity contribution >= 4 is 11.6 Å². The quantitative estimate of drug-likeness (QED) is 0.835. The Kier molecular flexibility index (Phi) is 3.53. The van der Waals surface area contributed by atoms with Gasteiger partial charge in [-0.25, -0.2) is 4.39 Å². The fraction of sp³-hybridized carbons (Fsp3) is 0. The van der Waals surface area contributed by atoms with Crippen molar-refractivity contribution in [3.05, 3.63) is 53.3 Å². The Morgan fingerprint density at radius 1 is 1.20 bits per heavy atom. The van der Waals surface area contributed by atoms with E-state index in [-0.39, 0.29) is 28.3 Å². The normalized spacial score (nSPS) is 9.80. The van der Waals surface area contributed by atoms with Crippen LogP contribution in [0.5, 0.6) is 11.5 Å². The topological polar surface area (TPSA) is 102 Å². The van der Waals surface area contributed by atoms with Gasteiger partial charge in [-0.2, -0.15) is 5.26 Å². The van der Waals surface area contributed by atoms with Crippen LogP contribution in [0.15, 0.2) is 36.4 Å². The van der Waals surface area contributed by atoms with Gasteiger partial charge in [0.15, 0.2) is 5.75 Å². The van der Waals surface area contributed by atoms with Crippen LogP contribution in [0.1, 0.15) is 15.9 Å². The van der Waals surface area contributed by atoms with Crippen molar-refractivity contribution in [2.75, 3.05) is 5.73 Å². The van der Waals surface area contributed by atoms with Crippen molar-refractivity contribution in [3.63, 3.8) is 0 Å². The van der Waals surface area contributed by atoms with Gasteiger partial charge in [0.05, 0.1) is 11.3 Å². The summed E-state index contributed by atoms with van der Waals surface area (Å²) in [6, 6.07) is 10.4. The smallest absolute Gasteiger partial charge is 0.255 e. The van der Waals surface area contributed by atoms with Crippen LogP contribution in [0, 0.1) is 17.1 Å². The summed E-state index contributed by atoms with van der Waals surface area (Å²) in [5, 5.41) is 8.88. The Labute approximate surface area is 114 Å². The second kappa shape index (κ2) is 5.28. The first-order valence-electron chi connectivity index (χ1n) is 5.59. The van der Waals surface area contributed by atoms with Crippen molar-refractivity contribution in [3.8, 4) is 17.6 Å². The molecule has 0 aliphatic heterocycles. The first-order valence-corrected chi connectivity index (χ1v) is 5.59.